The summed E-state index contributed by atoms with van der Waals surface area (Å²) in [6, 6.07) is 7.63. The minimum absolute atomic E-state index is 0.0125. The van der Waals surface area contributed by atoms with Crippen LogP contribution >= 0.6 is 11.6 Å². The van der Waals surface area contributed by atoms with Crippen LogP contribution in [0.15, 0.2) is 42.5 Å². The van der Waals surface area contributed by atoms with Gasteiger partial charge < -0.3 is 10.6 Å². The highest BCUT2D eigenvalue weighted by Gasteiger charge is 2.57. The van der Waals surface area contributed by atoms with Gasteiger partial charge in [-0.25, -0.2) is 22.2 Å². The maximum absolute atomic E-state index is 15.6. The lowest BCUT2D eigenvalue weighted by atomic mass is 9.93. The van der Waals surface area contributed by atoms with Crippen molar-refractivity contribution in [3.8, 4) is 23.0 Å². The molecular formula is C40H38ClF7N8O3S. The molecule has 2 aromatic carbocycles. The van der Waals surface area contributed by atoms with Crippen molar-refractivity contribution in [3.63, 3.8) is 0 Å². The van der Waals surface area contributed by atoms with Crippen molar-refractivity contribution in [1.82, 2.24) is 35.2 Å². The van der Waals surface area contributed by atoms with E-state index in [1.165, 1.54) is 24.7 Å². The number of alkyl halides is 5. The van der Waals surface area contributed by atoms with Gasteiger partial charge in [0.15, 0.2) is 11.5 Å². The van der Waals surface area contributed by atoms with Gasteiger partial charge in [-0.3, -0.25) is 18.9 Å². The first kappa shape index (κ1) is 42.9. The van der Waals surface area contributed by atoms with Crippen LogP contribution < -0.4 is 15.4 Å². The van der Waals surface area contributed by atoms with Gasteiger partial charge in [0.25, 0.3) is 5.92 Å². The van der Waals surface area contributed by atoms with Crippen LogP contribution in [0.1, 0.15) is 72.6 Å². The van der Waals surface area contributed by atoms with Crippen molar-refractivity contribution < 1.29 is 43.9 Å². The third-order valence-corrected chi connectivity index (χ3v) is 11.7. The van der Waals surface area contributed by atoms with Gasteiger partial charge in [-0.15, -0.1) is 0 Å². The number of aryl methyl sites for hydroxylation is 1. The number of hydrogen-bond acceptors (Lipinski definition) is 7. The Labute approximate surface area is 345 Å². The molecule has 20 heteroatoms. The maximum atomic E-state index is 15.6. The van der Waals surface area contributed by atoms with Crippen LogP contribution in [0.4, 0.5) is 36.6 Å². The minimum Gasteiger partial charge on any atom is -0.346 e. The quantitative estimate of drug-likeness (QED) is 0.103. The summed E-state index contributed by atoms with van der Waals surface area (Å²) in [5, 5.41) is 14.1. The number of carbonyl (C=O) groups is 1. The fourth-order valence-electron chi connectivity index (χ4n) is 7.95. The zero-order valence-electron chi connectivity index (χ0n) is 32.5. The molecule has 318 valence electrons. The zero-order valence-corrected chi connectivity index (χ0v) is 34.1. The van der Waals surface area contributed by atoms with Gasteiger partial charge in [0.05, 0.1) is 33.9 Å². The Morgan fingerprint density at radius 3 is 2.43 bits per heavy atom. The maximum Gasteiger partial charge on any atom is 0.435 e. The van der Waals surface area contributed by atoms with Crippen LogP contribution in [0.2, 0.25) is 5.02 Å². The minimum atomic E-state index is -5.11. The van der Waals surface area contributed by atoms with Crippen molar-refractivity contribution in [1.29, 1.82) is 0 Å². The Bertz CT molecular complexity index is 2660. The fraction of sp³-hybridized carbons (Fsp3) is 0.400. The van der Waals surface area contributed by atoms with Crippen molar-refractivity contribution in [3.05, 3.63) is 93.0 Å². The molecule has 4 heterocycles. The predicted octanol–water partition coefficient (Wildman–Crippen LogP) is 7.45. The average molecular weight is 879 g/mol. The molecule has 1 aliphatic heterocycles. The molecule has 0 spiro atoms. The van der Waals surface area contributed by atoms with Gasteiger partial charge in [-0.2, -0.15) is 32.1 Å². The van der Waals surface area contributed by atoms with E-state index < -0.39 is 81.0 Å². The summed E-state index contributed by atoms with van der Waals surface area (Å²) in [5.41, 5.74) is -1.99. The lowest BCUT2D eigenvalue weighted by Crippen LogP contribution is -2.35. The number of halogens is 8. The molecule has 4 atom stereocenters. The summed E-state index contributed by atoms with van der Waals surface area (Å²) in [5.74, 6) is -3.35. The molecule has 5 aromatic rings. The standard InChI is InChI=1S/C40H38ClF7N8O3S/c1-20-21(2)39(44,45)37-32(20)36(40(46,47)48)52-56(37)19-31(57)51-30(16-23-14-24(42)17-25(43)15-23)34-27(10-9-26(50-34)8-7-22-6-5-13-49-18-22)28-11-12-29(41)33-35(28)55(3)53-38(33)54-60(4,58)59/h9-12,14-15,17,20-22,30,49H,5-6,13,16,18-19H2,1-4H3,(H,51,57)(H,53,54)/t20-,21+,22?,30-/m0/s1. The summed E-state index contributed by atoms with van der Waals surface area (Å²) in [6.07, 6.45) is -2.81. The number of rotatable bonds is 9. The molecule has 3 aromatic heterocycles. The van der Waals surface area contributed by atoms with Gasteiger partial charge in [0.1, 0.15) is 29.6 Å². The van der Waals surface area contributed by atoms with Crippen molar-refractivity contribution in [2.24, 2.45) is 18.9 Å². The first-order valence-electron chi connectivity index (χ1n) is 18.8. The Hall–Kier alpha value is -5.19. The molecule has 11 nitrogen and oxygen atoms in total. The number of anilines is 1. The predicted molar refractivity (Wildman–Crippen MR) is 210 cm³/mol. The molecule has 0 bridgehead atoms. The van der Waals surface area contributed by atoms with E-state index in [1.807, 2.05) is 0 Å². The fourth-order valence-corrected chi connectivity index (χ4v) is 8.69. The zero-order chi connectivity index (χ0) is 43.5. The number of aromatic nitrogens is 5. The van der Waals surface area contributed by atoms with Crippen LogP contribution in [0.25, 0.3) is 22.0 Å². The number of sulfonamides is 1. The highest BCUT2D eigenvalue weighted by Crippen LogP contribution is 2.55. The Balaban J connectivity index is 1.39. The number of fused-ring (bicyclic) bond motifs is 2. The smallest absolute Gasteiger partial charge is 0.346 e. The summed E-state index contributed by atoms with van der Waals surface area (Å²) in [4.78, 5) is 18.9. The average Bonchev–Trinajstić information content (AvgIpc) is 3.76. The lowest BCUT2D eigenvalue weighted by molar-refractivity contribution is -0.143. The molecule has 7 rings (SSSR count). The second-order valence-electron chi connectivity index (χ2n) is 15.2. The number of pyridine rings is 1. The molecule has 2 aliphatic rings. The first-order chi connectivity index (χ1) is 28.1. The Kier molecular flexibility index (Phi) is 11.5. The SMILES string of the molecule is C[C@@H]1c2c(C(F)(F)F)nn(CC(=O)N[C@@H](Cc3cc(F)cc(F)c3)c3nc(C#CC4CCCNC4)ccc3-c3ccc(Cl)c4c(NS(C)(=O)=O)nn(C)c34)c2C(F)(F)[C@@H]1C. The number of nitrogens with one attached hydrogen (secondary N) is 3. The van der Waals surface area contributed by atoms with Gasteiger partial charge in [0.2, 0.25) is 15.9 Å². The molecule has 0 radical (unpaired) electrons. The van der Waals surface area contributed by atoms with E-state index in [2.05, 4.69) is 37.4 Å². The molecular weight excluding hydrogens is 841 g/mol. The van der Waals surface area contributed by atoms with Crippen LogP contribution in [0, 0.1) is 35.3 Å². The van der Waals surface area contributed by atoms with Crippen molar-refractivity contribution in [2.45, 2.75) is 63.7 Å². The molecule has 1 unspecified atom stereocenters. The molecule has 60 heavy (non-hydrogen) atoms. The Morgan fingerprint density at radius 2 is 1.78 bits per heavy atom. The van der Waals surface area contributed by atoms with Gasteiger partial charge in [-0.05, 0) is 73.5 Å². The van der Waals surface area contributed by atoms with E-state index in [9.17, 15) is 35.2 Å². The van der Waals surface area contributed by atoms with Crippen LogP contribution in [0.3, 0.4) is 0 Å². The number of hydrogen-bond donors (Lipinski definition) is 3. The molecule has 3 N–H and O–H groups in total. The van der Waals surface area contributed by atoms with E-state index >= 15 is 8.78 Å². The van der Waals surface area contributed by atoms with E-state index in [0.717, 1.165) is 44.7 Å². The van der Waals surface area contributed by atoms with Crippen LogP contribution in [-0.2, 0) is 46.9 Å². The number of piperidine rings is 1. The van der Waals surface area contributed by atoms with E-state index in [0.29, 0.717) is 28.4 Å². The van der Waals surface area contributed by atoms with E-state index in [4.69, 9.17) is 16.6 Å². The number of carbonyl (C=O) groups excluding carboxylic acids is 1. The molecule has 0 saturated carbocycles. The number of benzene rings is 2. The van der Waals surface area contributed by atoms with E-state index in [1.54, 1.807) is 18.2 Å². The highest BCUT2D eigenvalue weighted by molar-refractivity contribution is 7.92. The lowest BCUT2D eigenvalue weighted by Gasteiger charge is -2.23. The van der Waals surface area contributed by atoms with Gasteiger partial charge >= 0.3 is 6.18 Å². The third-order valence-electron chi connectivity index (χ3n) is 10.8. The number of amides is 1. The van der Waals surface area contributed by atoms with Crippen LogP contribution in [0.5, 0.6) is 0 Å². The third kappa shape index (κ3) is 8.54. The second kappa shape index (κ2) is 16.0. The van der Waals surface area contributed by atoms with Gasteiger partial charge in [0, 0.05) is 48.2 Å². The van der Waals surface area contributed by atoms with E-state index in [-0.39, 0.29) is 51.1 Å². The molecule has 1 amide bonds. The first-order valence-corrected chi connectivity index (χ1v) is 21.1. The second-order valence-corrected chi connectivity index (χ2v) is 17.3. The topological polar surface area (TPSA) is 136 Å². The number of nitrogens with zero attached hydrogens (tertiary/aromatic N) is 5. The highest BCUT2D eigenvalue weighted by atomic mass is 35.5. The molecule has 1 aliphatic carbocycles. The summed E-state index contributed by atoms with van der Waals surface area (Å²) in [6.45, 7) is 2.76. The van der Waals surface area contributed by atoms with Crippen molar-refractivity contribution >= 4 is 44.3 Å². The van der Waals surface area contributed by atoms with Gasteiger partial charge in [-0.1, -0.05) is 37.4 Å². The monoisotopic (exact) mass is 878 g/mol. The molecule has 1 fully saturated rings. The summed E-state index contributed by atoms with van der Waals surface area (Å²) >= 11 is 6.61. The largest absolute Gasteiger partial charge is 0.435 e. The summed E-state index contributed by atoms with van der Waals surface area (Å²) in [7, 11) is -2.31. The van der Waals surface area contributed by atoms with Crippen molar-refractivity contribution in [2.75, 3.05) is 24.1 Å². The normalized spacial score (nSPS) is 19.4. The Morgan fingerprint density at radius 1 is 1.08 bits per heavy atom. The molecule has 1 saturated heterocycles. The summed E-state index contributed by atoms with van der Waals surface area (Å²) < 4.78 is 132. The van der Waals surface area contributed by atoms with Crippen LogP contribution in [-0.4, -0.2) is 58.2 Å².